The Hall–Kier alpha value is -1.70. The predicted molar refractivity (Wildman–Crippen MR) is 80.6 cm³/mol. The molecule has 5 heteroatoms. The lowest BCUT2D eigenvalue weighted by molar-refractivity contribution is -0.114. The summed E-state index contributed by atoms with van der Waals surface area (Å²) in [6, 6.07) is 5.46. The van der Waals surface area contributed by atoms with Crippen molar-refractivity contribution in [2.75, 3.05) is 11.1 Å². The highest BCUT2D eigenvalue weighted by molar-refractivity contribution is 7.99. The first-order valence-electron chi connectivity index (χ1n) is 5.54. The maximum Gasteiger partial charge on any atom is 0.221 e. The lowest BCUT2D eigenvalue weighted by Gasteiger charge is -2.11. The van der Waals surface area contributed by atoms with Crippen LogP contribution in [0.1, 0.15) is 6.92 Å². The van der Waals surface area contributed by atoms with Crippen LogP contribution in [0.4, 0.5) is 5.69 Å². The number of nitrogens with one attached hydrogen (secondary N) is 1. The van der Waals surface area contributed by atoms with Crippen LogP contribution in [-0.4, -0.2) is 16.6 Å². The number of hydrogen-bond acceptors (Lipinski definition) is 3. The van der Waals surface area contributed by atoms with Crippen LogP contribution in [0.2, 0.25) is 5.02 Å². The van der Waals surface area contributed by atoms with Gasteiger partial charge in [0, 0.05) is 22.2 Å². The van der Waals surface area contributed by atoms with Crippen molar-refractivity contribution in [3.63, 3.8) is 0 Å². The van der Waals surface area contributed by atoms with Crippen LogP contribution in [0.3, 0.4) is 0 Å². The number of anilines is 1. The van der Waals surface area contributed by atoms with Crippen molar-refractivity contribution < 1.29 is 4.79 Å². The van der Waals surface area contributed by atoms with Gasteiger partial charge in [-0.1, -0.05) is 23.6 Å². The van der Waals surface area contributed by atoms with E-state index in [9.17, 15) is 4.79 Å². The van der Waals surface area contributed by atoms with Crippen LogP contribution in [0.5, 0.6) is 0 Å². The van der Waals surface area contributed by atoms with Crippen molar-refractivity contribution in [1.29, 1.82) is 0 Å². The van der Waals surface area contributed by atoms with Gasteiger partial charge in [0.15, 0.2) is 0 Å². The molecule has 1 aromatic heterocycles. The van der Waals surface area contributed by atoms with E-state index < -0.39 is 0 Å². The first-order chi connectivity index (χ1) is 9.11. The SMILES string of the molecule is C#CCSc1c(NC(C)=O)cnc2cc(Cl)ccc12. The van der Waals surface area contributed by atoms with Gasteiger partial charge in [0.05, 0.1) is 23.2 Å². The van der Waals surface area contributed by atoms with Gasteiger partial charge in [-0.3, -0.25) is 9.78 Å². The summed E-state index contributed by atoms with van der Waals surface area (Å²) < 4.78 is 0. The minimum absolute atomic E-state index is 0.141. The summed E-state index contributed by atoms with van der Waals surface area (Å²) in [6.07, 6.45) is 6.92. The third-order valence-corrected chi connectivity index (χ3v) is 3.67. The number of benzene rings is 1. The second kappa shape index (κ2) is 5.96. The van der Waals surface area contributed by atoms with Crippen LogP contribution in [0.15, 0.2) is 29.3 Å². The molecule has 1 heterocycles. The van der Waals surface area contributed by atoms with Gasteiger partial charge < -0.3 is 5.32 Å². The Labute approximate surface area is 120 Å². The van der Waals surface area contributed by atoms with Gasteiger partial charge in [-0.25, -0.2) is 0 Å². The summed E-state index contributed by atoms with van der Waals surface area (Å²) in [5.74, 6) is 2.96. The van der Waals surface area contributed by atoms with Gasteiger partial charge in [-0.05, 0) is 12.1 Å². The molecule has 0 fully saturated rings. The quantitative estimate of drug-likeness (QED) is 0.694. The Morgan fingerprint density at radius 3 is 3.05 bits per heavy atom. The molecule has 2 rings (SSSR count). The number of pyridine rings is 1. The molecule has 0 saturated heterocycles. The fourth-order valence-corrected chi connectivity index (χ4v) is 2.67. The van der Waals surface area contributed by atoms with E-state index in [1.807, 2.05) is 6.07 Å². The van der Waals surface area contributed by atoms with Crippen molar-refractivity contribution in [2.24, 2.45) is 0 Å². The minimum Gasteiger partial charge on any atom is -0.324 e. The average Bonchev–Trinajstić information content (AvgIpc) is 2.36. The fraction of sp³-hybridized carbons (Fsp3) is 0.143. The Bertz CT molecular complexity index is 679. The second-order valence-electron chi connectivity index (χ2n) is 3.84. The molecule has 0 unspecified atom stereocenters. The fourth-order valence-electron chi connectivity index (χ4n) is 1.69. The number of rotatable bonds is 3. The van der Waals surface area contributed by atoms with Gasteiger partial charge in [-0.2, -0.15) is 0 Å². The molecule has 1 N–H and O–H groups in total. The van der Waals surface area contributed by atoms with E-state index in [1.54, 1.807) is 18.3 Å². The largest absolute Gasteiger partial charge is 0.324 e. The molecule has 3 nitrogen and oxygen atoms in total. The lowest BCUT2D eigenvalue weighted by atomic mass is 10.2. The number of aromatic nitrogens is 1. The van der Waals surface area contributed by atoms with Crippen molar-refractivity contribution >= 4 is 45.9 Å². The summed E-state index contributed by atoms with van der Waals surface area (Å²) in [5.41, 5.74) is 1.45. The average molecular weight is 291 g/mol. The van der Waals surface area contributed by atoms with Crippen molar-refractivity contribution in [2.45, 2.75) is 11.8 Å². The smallest absolute Gasteiger partial charge is 0.221 e. The highest BCUT2D eigenvalue weighted by Gasteiger charge is 2.10. The molecule has 2 aromatic rings. The van der Waals surface area contributed by atoms with Gasteiger partial charge in [0.2, 0.25) is 5.91 Å². The van der Waals surface area contributed by atoms with Gasteiger partial charge >= 0.3 is 0 Å². The summed E-state index contributed by atoms with van der Waals surface area (Å²) >= 11 is 7.44. The first-order valence-corrected chi connectivity index (χ1v) is 6.90. The molecule has 96 valence electrons. The van der Waals surface area contributed by atoms with Crippen molar-refractivity contribution in [3.05, 3.63) is 29.4 Å². The number of halogens is 1. The molecular formula is C14H11ClN2OS. The number of carbonyl (C=O) groups excluding carboxylic acids is 1. The Kier molecular flexibility index (Phi) is 4.31. The number of nitrogens with zero attached hydrogens (tertiary/aromatic N) is 1. The van der Waals surface area contributed by atoms with E-state index in [0.717, 1.165) is 15.8 Å². The number of thioether (sulfide) groups is 1. The predicted octanol–water partition coefficient (Wildman–Crippen LogP) is 3.57. The normalized spacial score (nSPS) is 10.2. The Morgan fingerprint density at radius 2 is 2.37 bits per heavy atom. The van der Waals surface area contributed by atoms with E-state index >= 15 is 0 Å². The molecular weight excluding hydrogens is 280 g/mol. The number of fused-ring (bicyclic) bond motifs is 1. The number of hydrogen-bond donors (Lipinski definition) is 1. The number of amides is 1. The standard InChI is InChI=1S/C14H11ClN2OS/c1-3-6-19-14-11-5-4-10(15)7-12(11)16-8-13(14)17-9(2)18/h1,4-5,7-8H,6H2,2H3,(H,17,18). The van der Waals surface area contributed by atoms with Gasteiger partial charge in [0.25, 0.3) is 0 Å². The third kappa shape index (κ3) is 3.19. The van der Waals surface area contributed by atoms with Crippen LogP contribution >= 0.6 is 23.4 Å². The number of carbonyl (C=O) groups is 1. The topological polar surface area (TPSA) is 42.0 Å². The number of terminal acetylenes is 1. The highest BCUT2D eigenvalue weighted by atomic mass is 35.5. The lowest BCUT2D eigenvalue weighted by Crippen LogP contribution is -2.07. The zero-order valence-electron chi connectivity index (χ0n) is 10.2. The maximum atomic E-state index is 11.2. The Morgan fingerprint density at radius 1 is 1.58 bits per heavy atom. The van der Waals surface area contributed by atoms with E-state index in [0.29, 0.717) is 16.5 Å². The molecule has 1 amide bonds. The second-order valence-corrected chi connectivity index (χ2v) is 5.26. The summed E-state index contributed by atoms with van der Waals surface area (Å²) in [4.78, 5) is 16.4. The molecule has 0 bridgehead atoms. The first kappa shape index (κ1) is 13.7. The molecule has 0 radical (unpaired) electrons. The van der Waals surface area contributed by atoms with Crippen LogP contribution < -0.4 is 5.32 Å². The van der Waals surface area contributed by atoms with Crippen molar-refractivity contribution in [3.8, 4) is 12.3 Å². The highest BCUT2D eigenvalue weighted by Crippen LogP contribution is 2.34. The van der Waals surface area contributed by atoms with Crippen molar-refractivity contribution in [1.82, 2.24) is 4.98 Å². The zero-order chi connectivity index (χ0) is 13.8. The van der Waals surface area contributed by atoms with Crippen LogP contribution in [-0.2, 0) is 4.79 Å². The minimum atomic E-state index is -0.141. The summed E-state index contributed by atoms with van der Waals surface area (Å²) in [7, 11) is 0. The molecule has 0 aliphatic carbocycles. The van der Waals surface area contributed by atoms with E-state index in [4.69, 9.17) is 18.0 Å². The van der Waals surface area contributed by atoms with Crippen LogP contribution in [0, 0.1) is 12.3 Å². The molecule has 0 atom stereocenters. The van der Waals surface area contributed by atoms with Gasteiger partial charge in [0.1, 0.15) is 0 Å². The van der Waals surface area contributed by atoms with Gasteiger partial charge in [-0.15, -0.1) is 18.2 Å². The Balaban J connectivity index is 2.59. The van der Waals surface area contributed by atoms with Crippen LogP contribution in [0.25, 0.3) is 10.9 Å². The molecule has 1 aromatic carbocycles. The molecule has 0 aliphatic rings. The van der Waals surface area contributed by atoms with E-state index in [-0.39, 0.29) is 5.91 Å². The van der Waals surface area contributed by atoms with E-state index in [1.165, 1.54) is 18.7 Å². The third-order valence-electron chi connectivity index (χ3n) is 2.39. The van der Waals surface area contributed by atoms with E-state index in [2.05, 4.69) is 16.2 Å². The molecule has 19 heavy (non-hydrogen) atoms. The maximum absolute atomic E-state index is 11.2. The summed E-state index contributed by atoms with van der Waals surface area (Å²) in [5, 5.41) is 4.32. The molecule has 0 spiro atoms. The monoisotopic (exact) mass is 290 g/mol. The molecule has 0 saturated carbocycles. The zero-order valence-corrected chi connectivity index (χ0v) is 11.8. The molecule has 0 aliphatic heterocycles. The summed E-state index contributed by atoms with van der Waals surface area (Å²) in [6.45, 7) is 1.46.